The molecule has 0 aliphatic rings. The van der Waals surface area contributed by atoms with Gasteiger partial charge in [-0.25, -0.2) is 0 Å². The Morgan fingerprint density at radius 3 is 1.68 bits per heavy atom. The van der Waals surface area contributed by atoms with Crippen LogP contribution in [0.5, 0.6) is 0 Å². The standard InChI is InChI=1S/C29H41BrO/c1-25(31)29(24-30)19-13-10-8-6-4-2-3-5-7-9-12-16-26-20-22-28(23-21-26)27-17-14-11-15-18-27/h11,14-15,17-18,20-23,29H,2-10,12-13,16,19,24H2,1H3. The molecule has 0 aromatic heterocycles. The van der Waals surface area contributed by atoms with Crippen molar-refractivity contribution in [1.82, 2.24) is 0 Å². The van der Waals surface area contributed by atoms with Crippen molar-refractivity contribution < 1.29 is 4.79 Å². The maximum Gasteiger partial charge on any atom is 0.133 e. The summed E-state index contributed by atoms with van der Waals surface area (Å²) in [7, 11) is 0. The van der Waals surface area contributed by atoms with Crippen molar-refractivity contribution in [2.24, 2.45) is 5.92 Å². The van der Waals surface area contributed by atoms with Gasteiger partial charge in [0.2, 0.25) is 0 Å². The van der Waals surface area contributed by atoms with Crippen LogP contribution in [0.15, 0.2) is 54.6 Å². The highest BCUT2D eigenvalue weighted by Gasteiger charge is 2.11. The van der Waals surface area contributed by atoms with E-state index in [1.165, 1.54) is 93.7 Å². The van der Waals surface area contributed by atoms with Crippen molar-refractivity contribution in [3.63, 3.8) is 0 Å². The van der Waals surface area contributed by atoms with Gasteiger partial charge in [-0.05, 0) is 42.9 Å². The van der Waals surface area contributed by atoms with Gasteiger partial charge in [0.15, 0.2) is 0 Å². The van der Waals surface area contributed by atoms with Crippen LogP contribution in [0.3, 0.4) is 0 Å². The number of carbonyl (C=O) groups excluding carboxylic acids is 1. The molecule has 0 heterocycles. The fraction of sp³-hybridized carbons (Fsp3) is 0.552. The summed E-state index contributed by atoms with van der Waals surface area (Å²) in [6.07, 6.45) is 17.0. The van der Waals surface area contributed by atoms with Gasteiger partial charge in [-0.1, -0.05) is 135 Å². The summed E-state index contributed by atoms with van der Waals surface area (Å²) < 4.78 is 0. The van der Waals surface area contributed by atoms with Gasteiger partial charge in [0.1, 0.15) is 5.78 Å². The predicted molar refractivity (Wildman–Crippen MR) is 139 cm³/mol. The first-order valence-corrected chi connectivity index (χ1v) is 13.5. The van der Waals surface area contributed by atoms with Crippen LogP contribution in [0.1, 0.15) is 89.5 Å². The maximum atomic E-state index is 11.4. The average molecular weight is 486 g/mol. The van der Waals surface area contributed by atoms with E-state index in [1.54, 1.807) is 6.92 Å². The van der Waals surface area contributed by atoms with Crippen molar-refractivity contribution >= 4 is 21.7 Å². The molecule has 0 radical (unpaired) electrons. The lowest BCUT2D eigenvalue weighted by atomic mass is 9.98. The van der Waals surface area contributed by atoms with Gasteiger partial charge in [-0.15, -0.1) is 0 Å². The molecular formula is C29H41BrO. The van der Waals surface area contributed by atoms with Crippen LogP contribution in [0.2, 0.25) is 0 Å². The molecule has 0 spiro atoms. The number of rotatable bonds is 17. The second-order valence-electron chi connectivity index (χ2n) is 8.95. The lowest BCUT2D eigenvalue weighted by molar-refractivity contribution is -0.120. The second-order valence-corrected chi connectivity index (χ2v) is 9.60. The third-order valence-electron chi connectivity index (χ3n) is 6.34. The van der Waals surface area contributed by atoms with Crippen LogP contribution in [-0.2, 0) is 11.2 Å². The van der Waals surface area contributed by atoms with E-state index in [0.717, 1.165) is 11.8 Å². The second kappa shape index (κ2) is 16.3. The summed E-state index contributed by atoms with van der Waals surface area (Å²) in [5.41, 5.74) is 4.07. The molecule has 0 fully saturated rings. The molecule has 170 valence electrons. The number of ketones is 1. The summed E-state index contributed by atoms with van der Waals surface area (Å²) in [6.45, 7) is 1.72. The van der Waals surface area contributed by atoms with Gasteiger partial charge in [0, 0.05) is 11.2 Å². The Bertz CT molecular complexity index is 707. The minimum atomic E-state index is 0.230. The summed E-state index contributed by atoms with van der Waals surface area (Å²) in [4.78, 5) is 11.4. The number of halogens is 1. The molecule has 2 heteroatoms. The molecule has 0 saturated carbocycles. The first-order valence-electron chi connectivity index (χ1n) is 12.4. The largest absolute Gasteiger partial charge is 0.300 e. The highest BCUT2D eigenvalue weighted by Crippen LogP contribution is 2.20. The zero-order valence-electron chi connectivity index (χ0n) is 19.5. The molecule has 0 aliphatic heterocycles. The zero-order valence-corrected chi connectivity index (χ0v) is 21.0. The third-order valence-corrected chi connectivity index (χ3v) is 7.12. The van der Waals surface area contributed by atoms with Gasteiger partial charge >= 0.3 is 0 Å². The van der Waals surface area contributed by atoms with Gasteiger partial charge in [-0.3, -0.25) is 4.79 Å². The Balaban J connectivity index is 1.40. The Hall–Kier alpha value is -1.41. The maximum absolute atomic E-state index is 11.4. The number of hydrogen-bond donors (Lipinski definition) is 0. The fourth-order valence-electron chi connectivity index (χ4n) is 4.19. The van der Waals surface area contributed by atoms with Gasteiger partial charge in [-0.2, -0.15) is 0 Å². The molecule has 0 saturated heterocycles. The Labute approximate surface area is 199 Å². The van der Waals surface area contributed by atoms with Crippen LogP contribution in [0, 0.1) is 5.92 Å². The molecule has 2 aromatic rings. The minimum Gasteiger partial charge on any atom is -0.300 e. The number of carbonyl (C=O) groups is 1. The molecule has 0 amide bonds. The van der Waals surface area contributed by atoms with Crippen LogP contribution in [-0.4, -0.2) is 11.1 Å². The first kappa shape index (κ1) is 25.8. The average Bonchev–Trinajstić information content (AvgIpc) is 2.80. The molecule has 31 heavy (non-hydrogen) atoms. The highest BCUT2D eigenvalue weighted by molar-refractivity contribution is 9.09. The Morgan fingerprint density at radius 2 is 1.16 bits per heavy atom. The number of hydrogen-bond acceptors (Lipinski definition) is 1. The molecule has 0 aliphatic carbocycles. The number of benzene rings is 2. The van der Waals surface area contributed by atoms with E-state index >= 15 is 0 Å². The molecule has 0 bridgehead atoms. The molecule has 2 rings (SSSR count). The van der Waals surface area contributed by atoms with Gasteiger partial charge in [0.25, 0.3) is 0 Å². The molecular weight excluding hydrogens is 444 g/mol. The number of aryl methyl sites for hydroxylation is 1. The van der Waals surface area contributed by atoms with Crippen LogP contribution < -0.4 is 0 Å². The monoisotopic (exact) mass is 484 g/mol. The molecule has 1 atom stereocenters. The summed E-state index contributed by atoms with van der Waals surface area (Å²) >= 11 is 3.45. The van der Waals surface area contributed by atoms with E-state index in [4.69, 9.17) is 0 Å². The quantitative estimate of drug-likeness (QED) is 0.161. The van der Waals surface area contributed by atoms with Crippen molar-refractivity contribution in [1.29, 1.82) is 0 Å². The van der Waals surface area contributed by atoms with Crippen LogP contribution in [0.25, 0.3) is 11.1 Å². The molecule has 2 aromatic carbocycles. The van der Waals surface area contributed by atoms with Crippen molar-refractivity contribution in [3.8, 4) is 11.1 Å². The lowest BCUT2D eigenvalue weighted by Gasteiger charge is -2.09. The molecule has 1 unspecified atom stereocenters. The van der Waals surface area contributed by atoms with Crippen molar-refractivity contribution in [2.45, 2.75) is 90.4 Å². The van der Waals surface area contributed by atoms with Gasteiger partial charge in [0.05, 0.1) is 0 Å². The summed E-state index contributed by atoms with van der Waals surface area (Å²) in [5.74, 6) is 0.562. The smallest absolute Gasteiger partial charge is 0.133 e. The van der Waals surface area contributed by atoms with Crippen molar-refractivity contribution in [2.75, 3.05) is 5.33 Å². The van der Waals surface area contributed by atoms with E-state index in [9.17, 15) is 4.79 Å². The van der Waals surface area contributed by atoms with E-state index in [0.29, 0.717) is 5.78 Å². The Morgan fingerprint density at radius 1 is 0.677 bits per heavy atom. The topological polar surface area (TPSA) is 17.1 Å². The SMILES string of the molecule is CC(=O)C(CBr)CCCCCCCCCCCCCc1ccc(-c2ccccc2)cc1. The number of unbranched alkanes of at least 4 members (excludes halogenated alkanes) is 10. The van der Waals surface area contributed by atoms with Crippen LogP contribution >= 0.6 is 15.9 Å². The normalized spacial score (nSPS) is 12.1. The number of Topliss-reactive ketones (excluding diaryl/α,β-unsaturated/α-hetero) is 1. The molecule has 1 nitrogen and oxygen atoms in total. The summed E-state index contributed by atoms with van der Waals surface area (Å²) in [5, 5.41) is 0.822. The minimum absolute atomic E-state index is 0.230. The Kier molecular flexibility index (Phi) is 13.6. The van der Waals surface area contributed by atoms with E-state index in [2.05, 4.69) is 70.5 Å². The lowest BCUT2D eigenvalue weighted by Crippen LogP contribution is -2.11. The molecule has 0 N–H and O–H groups in total. The predicted octanol–water partition coefficient (Wildman–Crippen LogP) is 9.18. The summed E-state index contributed by atoms with van der Waals surface area (Å²) in [6, 6.07) is 19.7. The van der Waals surface area contributed by atoms with E-state index in [-0.39, 0.29) is 5.92 Å². The number of alkyl halides is 1. The van der Waals surface area contributed by atoms with E-state index < -0.39 is 0 Å². The highest BCUT2D eigenvalue weighted by atomic mass is 79.9. The fourth-order valence-corrected chi connectivity index (χ4v) is 4.97. The zero-order chi connectivity index (χ0) is 22.2. The first-order chi connectivity index (χ1) is 15.2. The third kappa shape index (κ3) is 11.1. The van der Waals surface area contributed by atoms with Crippen molar-refractivity contribution in [3.05, 3.63) is 60.2 Å². The van der Waals surface area contributed by atoms with Crippen LogP contribution in [0.4, 0.5) is 0 Å². The van der Waals surface area contributed by atoms with E-state index in [1.807, 2.05) is 0 Å². The van der Waals surface area contributed by atoms with Gasteiger partial charge < -0.3 is 0 Å².